The molecule has 1 aromatic carbocycles. The highest BCUT2D eigenvalue weighted by Crippen LogP contribution is 2.29. The van der Waals surface area contributed by atoms with Crippen LogP contribution in [-0.2, 0) is 4.74 Å². The molecule has 2 unspecified atom stereocenters. The third-order valence-electron chi connectivity index (χ3n) is 4.44. The van der Waals surface area contributed by atoms with Gasteiger partial charge in [0.05, 0.1) is 12.7 Å². The first kappa shape index (κ1) is 15.3. The minimum Gasteiger partial charge on any atom is -0.497 e. The zero-order valence-electron chi connectivity index (χ0n) is 13.1. The molecule has 1 heterocycles. The highest BCUT2D eigenvalue weighted by molar-refractivity contribution is 5.28. The monoisotopic (exact) mass is 277 g/mol. The predicted molar refractivity (Wildman–Crippen MR) is 82.2 cm³/mol. The van der Waals surface area contributed by atoms with Gasteiger partial charge >= 0.3 is 0 Å². The lowest BCUT2D eigenvalue weighted by Gasteiger charge is -2.39. The van der Waals surface area contributed by atoms with E-state index in [9.17, 15) is 0 Å². The summed E-state index contributed by atoms with van der Waals surface area (Å²) in [6.45, 7) is 7.51. The van der Waals surface area contributed by atoms with Gasteiger partial charge in [-0.3, -0.25) is 0 Å². The molecule has 3 heteroatoms. The molecule has 0 amide bonds. The fourth-order valence-corrected chi connectivity index (χ4v) is 2.86. The minimum absolute atomic E-state index is 0.0372. The smallest absolute Gasteiger partial charge is 0.118 e. The van der Waals surface area contributed by atoms with Gasteiger partial charge in [-0.25, -0.2) is 0 Å². The van der Waals surface area contributed by atoms with Gasteiger partial charge in [0.2, 0.25) is 0 Å². The molecule has 20 heavy (non-hydrogen) atoms. The maximum Gasteiger partial charge on any atom is 0.118 e. The number of hydrogen-bond donors (Lipinski definition) is 1. The summed E-state index contributed by atoms with van der Waals surface area (Å²) in [7, 11) is 1.70. The lowest BCUT2D eigenvalue weighted by Crippen LogP contribution is -2.45. The van der Waals surface area contributed by atoms with Gasteiger partial charge in [0.15, 0.2) is 0 Å². The van der Waals surface area contributed by atoms with E-state index in [1.54, 1.807) is 7.11 Å². The number of methoxy groups -OCH3 is 1. The number of rotatable bonds is 5. The van der Waals surface area contributed by atoms with Gasteiger partial charge in [-0.1, -0.05) is 19.1 Å². The van der Waals surface area contributed by atoms with Gasteiger partial charge in [0.1, 0.15) is 5.75 Å². The Morgan fingerprint density at radius 2 is 2.10 bits per heavy atom. The van der Waals surface area contributed by atoms with Crippen molar-refractivity contribution in [3.63, 3.8) is 0 Å². The van der Waals surface area contributed by atoms with Crippen molar-refractivity contribution in [2.75, 3.05) is 13.7 Å². The summed E-state index contributed by atoms with van der Waals surface area (Å²) in [5.41, 5.74) is 1.34. The van der Waals surface area contributed by atoms with E-state index in [1.165, 1.54) is 5.56 Å². The molecule has 3 nitrogen and oxygen atoms in total. The topological polar surface area (TPSA) is 30.5 Å². The second kappa shape index (κ2) is 6.59. The van der Waals surface area contributed by atoms with E-state index in [0.717, 1.165) is 31.6 Å². The van der Waals surface area contributed by atoms with Crippen LogP contribution in [0.3, 0.4) is 0 Å². The molecule has 112 valence electrons. The van der Waals surface area contributed by atoms with E-state index >= 15 is 0 Å². The molecule has 1 N–H and O–H groups in total. The molecule has 1 aliphatic heterocycles. The minimum atomic E-state index is 0.0372. The van der Waals surface area contributed by atoms with E-state index in [2.05, 4.69) is 38.2 Å². The van der Waals surface area contributed by atoms with Gasteiger partial charge in [-0.2, -0.15) is 0 Å². The first-order valence-electron chi connectivity index (χ1n) is 7.60. The summed E-state index contributed by atoms with van der Waals surface area (Å²) in [5.74, 6) is 0.908. The van der Waals surface area contributed by atoms with E-state index in [1.807, 2.05) is 12.1 Å². The summed E-state index contributed by atoms with van der Waals surface area (Å²) >= 11 is 0. The number of benzene rings is 1. The van der Waals surface area contributed by atoms with Crippen LogP contribution >= 0.6 is 0 Å². The summed E-state index contributed by atoms with van der Waals surface area (Å²) in [5, 5.41) is 3.74. The van der Waals surface area contributed by atoms with Crippen molar-refractivity contribution >= 4 is 0 Å². The summed E-state index contributed by atoms with van der Waals surface area (Å²) in [4.78, 5) is 0. The van der Waals surface area contributed by atoms with Crippen LogP contribution < -0.4 is 10.1 Å². The Labute approximate surface area is 122 Å². The van der Waals surface area contributed by atoms with Gasteiger partial charge in [0, 0.05) is 18.7 Å². The lowest BCUT2D eigenvalue weighted by atomic mass is 9.89. The molecule has 2 rings (SSSR count). The van der Waals surface area contributed by atoms with Gasteiger partial charge in [-0.05, 0) is 50.8 Å². The molecule has 0 aliphatic carbocycles. The largest absolute Gasteiger partial charge is 0.497 e. The van der Waals surface area contributed by atoms with E-state index < -0.39 is 0 Å². The van der Waals surface area contributed by atoms with Crippen molar-refractivity contribution in [1.29, 1.82) is 0 Å². The second-order valence-electron chi connectivity index (χ2n) is 6.00. The second-order valence-corrected chi connectivity index (χ2v) is 6.00. The van der Waals surface area contributed by atoms with Crippen LogP contribution in [0.15, 0.2) is 24.3 Å². The molecule has 0 bridgehead atoms. The van der Waals surface area contributed by atoms with Crippen molar-refractivity contribution in [2.45, 2.75) is 57.7 Å². The van der Waals surface area contributed by atoms with Crippen LogP contribution in [0.5, 0.6) is 5.75 Å². The van der Waals surface area contributed by atoms with Crippen LogP contribution in [0.25, 0.3) is 0 Å². The third-order valence-corrected chi connectivity index (χ3v) is 4.44. The van der Waals surface area contributed by atoms with E-state index in [-0.39, 0.29) is 5.60 Å². The maximum atomic E-state index is 5.91. The molecule has 1 fully saturated rings. The van der Waals surface area contributed by atoms with E-state index in [4.69, 9.17) is 9.47 Å². The molecule has 0 radical (unpaired) electrons. The normalized spacial score (nSPS) is 28.1. The number of ether oxygens (including phenoxy) is 2. The van der Waals surface area contributed by atoms with Crippen LogP contribution in [-0.4, -0.2) is 25.4 Å². The Balaban J connectivity index is 1.94. The third kappa shape index (κ3) is 3.74. The molecule has 1 saturated heterocycles. The standard InChI is InChI=1S/C17H27NO2/c1-5-17(3)12-15(10-11-20-17)18-13(2)14-6-8-16(19-4)9-7-14/h6-9,13,15,18H,5,10-12H2,1-4H3/t13-,15?,17?/m1/s1. The SMILES string of the molecule is CCC1(C)CC(N[C@H](C)c2ccc(OC)cc2)CCO1. The summed E-state index contributed by atoms with van der Waals surface area (Å²) < 4.78 is 11.1. The maximum absolute atomic E-state index is 5.91. The van der Waals surface area contributed by atoms with Crippen molar-refractivity contribution in [3.8, 4) is 5.75 Å². The average molecular weight is 277 g/mol. The molecule has 0 aromatic heterocycles. The quantitative estimate of drug-likeness (QED) is 0.890. The van der Waals surface area contributed by atoms with Crippen molar-refractivity contribution in [2.24, 2.45) is 0 Å². The van der Waals surface area contributed by atoms with Crippen LogP contribution in [0.2, 0.25) is 0 Å². The van der Waals surface area contributed by atoms with Crippen LogP contribution in [0, 0.1) is 0 Å². The van der Waals surface area contributed by atoms with Crippen LogP contribution in [0.1, 0.15) is 51.6 Å². The summed E-state index contributed by atoms with van der Waals surface area (Å²) in [6, 6.07) is 9.20. The number of nitrogens with one attached hydrogen (secondary N) is 1. The van der Waals surface area contributed by atoms with Crippen molar-refractivity contribution in [3.05, 3.63) is 29.8 Å². The first-order chi connectivity index (χ1) is 9.56. The first-order valence-corrected chi connectivity index (χ1v) is 7.60. The Morgan fingerprint density at radius 1 is 1.40 bits per heavy atom. The summed E-state index contributed by atoms with van der Waals surface area (Å²) in [6.07, 6.45) is 3.25. The Hall–Kier alpha value is -1.06. The highest BCUT2D eigenvalue weighted by Gasteiger charge is 2.32. The Bertz CT molecular complexity index is 418. The van der Waals surface area contributed by atoms with Gasteiger partial charge in [-0.15, -0.1) is 0 Å². The van der Waals surface area contributed by atoms with Crippen molar-refractivity contribution < 1.29 is 9.47 Å². The molecular formula is C17H27NO2. The highest BCUT2D eigenvalue weighted by atomic mass is 16.5. The Morgan fingerprint density at radius 3 is 2.70 bits per heavy atom. The fourth-order valence-electron chi connectivity index (χ4n) is 2.86. The molecular weight excluding hydrogens is 250 g/mol. The molecule has 0 spiro atoms. The number of hydrogen-bond acceptors (Lipinski definition) is 3. The lowest BCUT2D eigenvalue weighted by molar-refractivity contribution is -0.0789. The zero-order chi connectivity index (χ0) is 14.6. The van der Waals surface area contributed by atoms with Gasteiger partial charge < -0.3 is 14.8 Å². The van der Waals surface area contributed by atoms with Crippen LogP contribution in [0.4, 0.5) is 0 Å². The molecule has 1 aromatic rings. The van der Waals surface area contributed by atoms with Gasteiger partial charge in [0.25, 0.3) is 0 Å². The Kier molecular flexibility index (Phi) is 5.06. The zero-order valence-corrected chi connectivity index (χ0v) is 13.1. The van der Waals surface area contributed by atoms with Crippen molar-refractivity contribution in [1.82, 2.24) is 5.32 Å². The fraction of sp³-hybridized carbons (Fsp3) is 0.647. The molecule has 1 aliphatic rings. The predicted octanol–water partition coefficient (Wildman–Crippen LogP) is 3.69. The molecule has 3 atom stereocenters. The molecule has 0 saturated carbocycles. The van der Waals surface area contributed by atoms with E-state index in [0.29, 0.717) is 12.1 Å². The average Bonchev–Trinajstić information content (AvgIpc) is 2.47.